The Bertz CT molecular complexity index is 424. The molecule has 0 radical (unpaired) electrons. The van der Waals surface area contributed by atoms with Crippen molar-refractivity contribution in [1.82, 2.24) is 10.6 Å². The lowest BCUT2D eigenvalue weighted by Gasteiger charge is -2.14. The molecule has 0 saturated carbocycles. The van der Waals surface area contributed by atoms with E-state index < -0.39 is 6.36 Å². The van der Waals surface area contributed by atoms with Crippen molar-refractivity contribution in [3.63, 3.8) is 0 Å². The highest BCUT2D eigenvalue weighted by Gasteiger charge is 2.31. The van der Waals surface area contributed by atoms with Gasteiger partial charge in [0.2, 0.25) is 0 Å². The second-order valence-electron chi connectivity index (χ2n) is 3.33. The molecule has 0 saturated heterocycles. The summed E-state index contributed by atoms with van der Waals surface area (Å²) in [5, 5.41) is 5.62. The van der Waals surface area contributed by atoms with Crippen molar-refractivity contribution in [3.05, 3.63) is 29.8 Å². The minimum absolute atomic E-state index is 0. The number of hydrogen-bond donors (Lipinski definition) is 2. The summed E-state index contributed by atoms with van der Waals surface area (Å²) >= 11 is 0. The molecule has 4 nitrogen and oxygen atoms in total. The van der Waals surface area contributed by atoms with Gasteiger partial charge in [-0.3, -0.25) is 4.99 Å². The SMILES string of the molecule is CN=C(NC)NCc1ccccc1OC(F)(F)F.I. The highest BCUT2D eigenvalue weighted by Crippen LogP contribution is 2.25. The Kier molecular flexibility index (Phi) is 7.57. The molecule has 1 rings (SSSR count). The number of nitrogens with one attached hydrogen (secondary N) is 2. The van der Waals surface area contributed by atoms with Crippen LogP contribution in [-0.2, 0) is 6.54 Å². The number of nitrogens with zero attached hydrogens (tertiary/aromatic N) is 1. The smallest absolute Gasteiger partial charge is 0.405 e. The van der Waals surface area contributed by atoms with Crippen molar-refractivity contribution in [2.45, 2.75) is 12.9 Å². The first-order valence-corrected chi connectivity index (χ1v) is 5.18. The molecule has 8 heteroatoms. The lowest BCUT2D eigenvalue weighted by atomic mass is 10.2. The average molecular weight is 389 g/mol. The third kappa shape index (κ3) is 6.50. The maximum absolute atomic E-state index is 12.2. The van der Waals surface area contributed by atoms with Crippen LogP contribution in [0.2, 0.25) is 0 Å². The summed E-state index contributed by atoms with van der Waals surface area (Å²) in [5.74, 6) is 0.265. The highest BCUT2D eigenvalue weighted by molar-refractivity contribution is 14.0. The molecular formula is C11H15F3IN3O. The number of hydrogen-bond acceptors (Lipinski definition) is 2. The van der Waals surface area contributed by atoms with E-state index in [9.17, 15) is 13.2 Å². The molecule has 0 aliphatic rings. The van der Waals surface area contributed by atoms with Gasteiger partial charge >= 0.3 is 6.36 Å². The van der Waals surface area contributed by atoms with Gasteiger partial charge in [0.25, 0.3) is 0 Å². The highest BCUT2D eigenvalue weighted by atomic mass is 127. The van der Waals surface area contributed by atoms with E-state index >= 15 is 0 Å². The van der Waals surface area contributed by atoms with Gasteiger partial charge < -0.3 is 15.4 Å². The molecule has 0 atom stereocenters. The van der Waals surface area contributed by atoms with Gasteiger partial charge in [-0.2, -0.15) is 0 Å². The summed E-state index contributed by atoms with van der Waals surface area (Å²) in [6.45, 7) is 0.180. The maximum atomic E-state index is 12.2. The monoisotopic (exact) mass is 389 g/mol. The van der Waals surface area contributed by atoms with Crippen LogP contribution < -0.4 is 15.4 Å². The third-order valence-corrected chi connectivity index (χ3v) is 2.10. The van der Waals surface area contributed by atoms with E-state index in [1.54, 1.807) is 26.2 Å². The van der Waals surface area contributed by atoms with Crippen LogP contribution >= 0.6 is 24.0 Å². The third-order valence-electron chi connectivity index (χ3n) is 2.10. The minimum Gasteiger partial charge on any atom is -0.405 e. The second kappa shape index (κ2) is 8.08. The molecule has 0 aliphatic heterocycles. The van der Waals surface area contributed by atoms with Gasteiger partial charge in [0.1, 0.15) is 5.75 Å². The summed E-state index contributed by atoms with van der Waals surface area (Å²) in [6, 6.07) is 5.95. The first-order valence-electron chi connectivity index (χ1n) is 5.18. The van der Waals surface area contributed by atoms with Gasteiger partial charge in [-0.15, -0.1) is 37.1 Å². The molecule has 0 heterocycles. The van der Waals surface area contributed by atoms with Crippen molar-refractivity contribution in [3.8, 4) is 5.75 Å². The lowest BCUT2D eigenvalue weighted by Crippen LogP contribution is -2.34. The second-order valence-corrected chi connectivity index (χ2v) is 3.33. The fourth-order valence-corrected chi connectivity index (χ4v) is 1.33. The van der Waals surface area contributed by atoms with Crippen LogP contribution in [0.4, 0.5) is 13.2 Å². The molecule has 1 aromatic carbocycles. The first kappa shape index (κ1) is 17.8. The van der Waals surface area contributed by atoms with E-state index in [4.69, 9.17) is 0 Å². The van der Waals surface area contributed by atoms with Gasteiger partial charge in [-0.1, -0.05) is 18.2 Å². The molecule has 0 fully saturated rings. The maximum Gasteiger partial charge on any atom is 0.573 e. The Morgan fingerprint density at radius 2 is 1.95 bits per heavy atom. The fourth-order valence-electron chi connectivity index (χ4n) is 1.33. The summed E-state index contributed by atoms with van der Waals surface area (Å²) < 4.78 is 40.5. The lowest BCUT2D eigenvalue weighted by molar-refractivity contribution is -0.274. The molecular weight excluding hydrogens is 374 g/mol. The Labute approximate surface area is 126 Å². The number of para-hydroxylation sites is 1. The van der Waals surface area contributed by atoms with Gasteiger partial charge in [-0.05, 0) is 6.07 Å². The zero-order valence-electron chi connectivity index (χ0n) is 10.4. The van der Waals surface area contributed by atoms with Crippen molar-refractivity contribution >= 4 is 29.9 Å². The summed E-state index contributed by atoms with van der Waals surface area (Å²) in [6.07, 6.45) is -4.69. The van der Waals surface area contributed by atoms with Crippen molar-refractivity contribution in [1.29, 1.82) is 0 Å². The van der Waals surface area contributed by atoms with Crippen LogP contribution in [0, 0.1) is 0 Å². The molecule has 0 aliphatic carbocycles. The first-order chi connectivity index (χ1) is 8.46. The van der Waals surface area contributed by atoms with Crippen LogP contribution in [0.5, 0.6) is 5.75 Å². The number of halogens is 4. The number of aliphatic imine (C=N–C) groups is 1. The molecule has 1 aromatic rings. The Morgan fingerprint density at radius 1 is 1.32 bits per heavy atom. The molecule has 0 spiro atoms. The number of alkyl halides is 3. The van der Waals surface area contributed by atoms with Crippen molar-refractivity contribution < 1.29 is 17.9 Å². The summed E-state index contributed by atoms with van der Waals surface area (Å²) in [4.78, 5) is 3.86. The number of guanidine groups is 1. The molecule has 0 bridgehead atoms. The van der Waals surface area contributed by atoms with Crippen LogP contribution in [0.25, 0.3) is 0 Å². The number of ether oxygens (including phenoxy) is 1. The van der Waals surface area contributed by atoms with Gasteiger partial charge in [0.15, 0.2) is 5.96 Å². The van der Waals surface area contributed by atoms with Gasteiger partial charge in [0, 0.05) is 26.2 Å². The van der Waals surface area contributed by atoms with Crippen molar-refractivity contribution in [2.75, 3.05) is 14.1 Å². The average Bonchev–Trinajstić information content (AvgIpc) is 2.30. The zero-order valence-corrected chi connectivity index (χ0v) is 12.7. The molecule has 19 heavy (non-hydrogen) atoms. The Morgan fingerprint density at radius 3 is 2.47 bits per heavy atom. The minimum atomic E-state index is -4.69. The van der Waals surface area contributed by atoms with Gasteiger partial charge in [-0.25, -0.2) is 0 Å². The van der Waals surface area contributed by atoms with E-state index in [2.05, 4.69) is 20.4 Å². The largest absolute Gasteiger partial charge is 0.573 e. The zero-order chi connectivity index (χ0) is 13.6. The van der Waals surface area contributed by atoms with E-state index in [1.807, 2.05) is 0 Å². The molecule has 0 amide bonds. The Hall–Kier alpha value is -1.19. The fraction of sp³-hybridized carbons (Fsp3) is 0.364. The van der Waals surface area contributed by atoms with E-state index in [1.165, 1.54) is 12.1 Å². The Balaban J connectivity index is 0.00000324. The van der Waals surface area contributed by atoms with Crippen LogP contribution in [0.3, 0.4) is 0 Å². The summed E-state index contributed by atoms with van der Waals surface area (Å²) in [5.41, 5.74) is 0.395. The number of benzene rings is 1. The molecule has 0 unspecified atom stereocenters. The molecule has 0 aromatic heterocycles. The quantitative estimate of drug-likeness (QED) is 0.475. The predicted octanol–water partition coefficient (Wildman–Crippen LogP) is 2.50. The molecule has 108 valence electrons. The van der Waals surface area contributed by atoms with E-state index in [0.29, 0.717) is 11.5 Å². The normalized spacial score (nSPS) is 11.5. The number of rotatable bonds is 3. The van der Waals surface area contributed by atoms with E-state index in [0.717, 1.165) is 0 Å². The van der Waals surface area contributed by atoms with E-state index in [-0.39, 0.29) is 36.3 Å². The van der Waals surface area contributed by atoms with Gasteiger partial charge in [0.05, 0.1) is 0 Å². The van der Waals surface area contributed by atoms with Crippen molar-refractivity contribution in [2.24, 2.45) is 4.99 Å². The van der Waals surface area contributed by atoms with Crippen LogP contribution in [0.1, 0.15) is 5.56 Å². The predicted molar refractivity (Wildman–Crippen MR) is 77.8 cm³/mol. The topological polar surface area (TPSA) is 45.7 Å². The van der Waals surface area contributed by atoms with Crippen LogP contribution in [-0.4, -0.2) is 26.4 Å². The summed E-state index contributed by atoms with van der Waals surface area (Å²) in [7, 11) is 3.23. The molecule has 2 N–H and O–H groups in total. The van der Waals surface area contributed by atoms with Crippen LogP contribution in [0.15, 0.2) is 29.3 Å². The standard InChI is InChI=1S/C11H14F3N3O.HI/c1-15-10(16-2)17-7-8-5-3-4-6-9(8)18-11(12,13)14;/h3-6H,7H2,1-2H3,(H2,15,16,17);1H.